The summed E-state index contributed by atoms with van der Waals surface area (Å²) in [5, 5.41) is 4.06. The van der Waals surface area contributed by atoms with Gasteiger partial charge in [-0.2, -0.15) is 0 Å². The van der Waals surface area contributed by atoms with Crippen molar-refractivity contribution in [2.24, 2.45) is 0 Å². The molecule has 1 amide bonds. The minimum absolute atomic E-state index is 0.0682. The Balaban J connectivity index is 1.24. The van der Waals surface area contributed by atoms with Crippen molar-refractivity contribution in [2.45, 2.75) is 39.2 Å². The summed E-state index contributed by atoms with van der Waals surface area (Å²) in [7, 11) is 0. The summed E-state index contributed by atoms with van der Waals surface area (Å²) < 4.78 is 0. The molecule has 4 rings (SSSR count). The van der Waals surface area contributed by atoms with E-state index in [0.717, 1.165) is 41.6 Å². The molecule has 2 aromatic carbocycles. The molecule has 2 aromatic heterocycles. The smallest absolute Gasteiger partial charge is 0.220 e. The van der Waals surface area contributed by atoms with Crippen LogP contribution in [0.5, 0.6) is 0 Å². The lowest BCUT2D eigenvalue weighted by Gasteiger charge is -2.08. The molecule has 1 N–H and O–H groups in total. The number of carbonyl (C=O) groups is 1. The Bertz CT molecular complexity index is 1170. The van der Waals surface area contributed by atoms with Crippen LogP contribution in [0.1, 0.15) is 36.6 Å². The molecular weight excluding hydrogens is 382 g/mol. The van der Waals surface area contributed by atoms with E-state index in [1.807, 2.05) is 24.3 Å². The largest absolute Gasteiger partial charge is 0.352 e. The van der Waals surface area contributed by atoms with Crippen LogP contribution >= 0.6 is 0 Å². The van der Waals surface area contributed by atoms with E-state index < -0.39 is 0 Å². The fourth-order valence-electron chi connectivity index (χ4n) is 3.64. The molecule has 0 saturated heterocycles. The standard InChI is InChI=1S/C27H27N3O/c1-2-20-6-3-7-24(18-20)22-13-11-21(12-14-22)19-29-26(31)10-4-9-25-16-15-23-8-5-17-28-27(23)30-25/h3,5-8,11-18H,2,4,9-10,19H2,1H3,(H,29,31). The highest BCUT2D eigenvalue weighted by Crippen LogP contribution is 2.21. The number of aromatic nitrogens is 2. The number of rotatable bonds is 8. The van der Waals surface area contributed by atoms with Gasteiger partial charge in [-0.3, -0.25) is 4.79 Å². The van der Waals surface area contributed by atoms with Crippen molar-refractivity contribution in [2.75, 3.05) is 0 Å². The summed E-state index contributed by atoms with van der Waals surface area (Å²) in [4.78, 5) is 21.1. The fraction of sp³-hybridized carbons (Fsp3) is 0.222. The normalized spacial score (nSPS) is 10.9. The second-order valence-electron chi connectivity index (χ2n) is 7.73. The highest BCUT2D eigenvalue weighted by molar-refractivity contribution is 5.76. The Morgan fingerprint density at radius 2 is 1.77 bits per heavy atom. The molecule has 0 aliphatic rings. The zero-order valence-electron chi connectivity index (χ0n) is 17.8. The maximum absolute atomic E-state index is 12.2. The lowest BCUT2D eigenvalue weighted by molar-refractivity contribution is -0.121. The lowest BCUT2D eigenvalue weighted by Crippen LogP contribution is -2.22. The van der Waals surface area contributed by atoms with Crippen molar-refractivity contribution in [1.82, 2.24) is 15.3 Å². The van der Waals surface area contributed by atoms with E-state index in [1.54, 1.807) is 6.20 Å². The van der Waals surface area contributed by atoms with Crippen LogP contribution in [-0.2, 0) is 24.2 Å². The number of fused-ring (bicyclic) bond motifs is 1. The van der Waals surface area contributed by atoms with E-state index in [4.69, 9.17) is 0 Å². The average Bonchev–Trinajstić information content (AvgIpc) is 2.83. The van der Waals surface area contributed by atoms with Crippen LogP contribution in [0.4, 0.5) is 0 Å². The van der Waals surface area contributed by atoms with Crippen molar-refractivity contribution in [3.8, 4) is 11.1 Å². The van der Waals surface area contributed by atoms with Gasteiger partial charge in [-0.1, -0.05) is 55.5 Å². The van der Waals surface area contributed by atoms with E-state index >= 15 is 0 Å². The first-order chi connectivity index (χ1) is 15.2. The van der Waals surface area contributed by atoms with E-state index in [-0.39, 0.29) is 5.91 Å². The Morgan fingerprint density at radius 3 is 2.61 bits per heavy atom. The zero-order valence-corrected chi connectivity index (χ0v) is 17.8. The molecular formula is C27H27N3O. The lowest BCUT2D eigenvalue weighted by atomic mass is 10.0. The number of amides is 1. The van der Waals surface area contributed by atoms with Gasteiger partial charge in [0.2, 0.25) is 5.91 Å². The van der Waals surface area contributed by atoms with Gasteiger partial charge in [0.1, 0.15) is 0 Å². The van der Waals surface area contributed by atoms with Gasteiger partial charge in [-0.25, -0.2) is 9.97 Å². The number of nitrogens with zero attached hydrogens (tertiary/aromatic N) is 2. The summed E-state index contributed by atoms with van der Waals surface area (Å²) in [6.45, 7) is 2.71. The Labute approximate surface area is 183 Å². The van der Waals surface area contributed by atoms with Crippen LogP contribution in [0, 0.1) is 0 Å². The predicted octanol–water partition coefficient (Wildman–Crippen LogP) is 5.50. The van der Waals surface area contributed by atoms with Gasteiger partial charge in [-0.05, 0) is 65.8 Å². The Morgan fingerprint density at radius 1 is 0.903 bits per heavy atom. The number of hydrogen-bond donors (Lipinski definition) is 1. The molecule has 2 heterocycles. The monoisotopic (exact) mass is 409 g/mol. The summed E-state index contributed by atoms with van der Waals surface area (Å²) in [5.41, 5.74) is 6.60. The van der Waals surface area contributed by atoms with E-state index in [9.17, 15) is 4.79 Å². The molecule has 0 fully saturated rings. The summed E-state index contributed by atoms with van der Waals surface area (Å²) in [6.07, 6.45) is 4.81. The number of aryl methyl sites for hydroxylation is 2. The molecule has 4 heteroatoms. The van der Waals surface area contributed by atoms with Crippen LogP contribution in [0.2, 0.25) is 0 Å². The van der Waals surface area contributed by atoms with E-state index in [0.29, 0.717) is 13.0 Å². The molecule has 0 unspecified atom stereocenters. The van der Waals surface area contributed by atoms with Gasteiger partial charge in [0.05, 0.1) is 0 Å². The van der Waals surface area contributed by atoms with Crippen molar-refractivity contribution >= 4 is 16.9 Å². The molecule has 0 aliphatic heterocycles. The maximum atomic E-state index is 12.2. The van der Waals surface area contributed by atoms with E-state index in [1.165, 1.54) is 16.7 Å². The first kappa shape index (κ1) is 20.7. The molecule has 4 nitrogen and oxygen atoms in total. The van der Waals surface area contributed by atoms with Crippen LogP contribution < -0.4 is 5.32 Å². The van der Waals surface area contributed by atoms with Crippen LogP contribution in [0.15, 0.2) is 79.0 Å². The van der Waals surface area contributed by atoms with Gasteiger partial charge >= 0.3 is 0 Å². The minimum Gasteiger partial charge on any atom is -0.352 e. The Hall–Kier alpha value is -3.53. The number of hydrogen-bond acceptors (Lipinski definition) is 3. The molecule has 0 aliphatic carbocycles. The first-order valence-electron chi connectivity index (χ1n) is 10.9. The molecule has 156 valence electrons. The number of pyridine rings is 2. The zero-order chi connectivity index (χ0) is 21.5. The number of nitrogens with one attached hydrogen (secondary N) is 1. The van der Waals surface area contributed by atoms with Gasteiger partial charge in [0.15, 0.2) is 5.65 Å². The van der Waals surface area contributed by atoms with Crippen LogP contribution in [-0.4, -0.2) is 15.9 Å². The maximum Gasteiger partial charge on any atom is 0.220 e. The van der Waals surface area contributed by atoms with Crippen molar-refractivity contribution in [3.63, 3.8) is 0 Å². The van der Waals surface area contributed by atoms with Gasteiger partial charge in [0.25, 0.3) is 0 Å². The van der Waals surface area contributed by atoms with Crippen LogP contribution in [0.3, 0.4) is 0 Å². The highest BCUT2D eigenvalue weighted by Gasteiger charge is 2.05. The molecule has 4 aromatic rings. The summed E-state index contributed by atoms with van der Waals surface area (Å²) in [6, 6.07) is 25.0. The van der Waals surface area contributed by atoms with Crippen LogP contribution in [0.25, 0.3) is 22.2 Å². The molecule has 0 spiro atoms. The average molecular weight is 410 g/mol. The fourth-order valence-corrected chi connectivity index (χ4v) is 3.64. The van der Waals surface area contributed by atoms with E-state index in [2.05, 4.69) is 70.7 Å². The third kappa shape index (κ3) is 5.54. The molecule has 0 bridgehead atoms. The molecule has 0 saturated carbocycles. The predicted molar refractivity (Wildman–Crippen MR) is 126 cm³/mol. The topological polar surface area (TPSA) is 54.9 Å². The quantitative estimate of drug-likeness (QED) is 0.418. The Kier molecular flexibility index (Phi) is 6.68. The first-order valence-corrected chi connectivity index (χ1v) is 10.9. The molecule has 0 atom stereocenters. The summed E-state index contributed by atoms with van der Waals surface area (Å²) >= 11 is 0. The second-order valence-corrected chi connectivity index (χ2v) is 7.73. The van der Waals surface area contributed by atoms with Crippen molar-refractivity contribution < 1.29 is 4.79 Å². The van der Waals surface area contributed by atoms with Gasteiger partial charge < -0.3 is 5.32 Å². The van der Waals surface area contributed by atoms with Crippen molar-refractivity contribution in [1.29, 1.82) is 0 Å². The number of benzene rings is 2. The third-order valence-electron chi connectivity index (χ3n) is 5.47. The van der Waals surface area contributed by atoms with Gasteiger partial charge in [-0.15, -0.1) is 0 Å². The second kappa shape index (κ2) is 9.98. The molecule has 31 heavy (non-hydrogen) atoms. The molecule has 0 radical (unpaired) electrons. The highest BCUT2D eigenvalue weighted by atomic mass is 16.1. The van der Waals surface area contributed by atoms with Gasteiger partial charge in [0, 0.05) is 30.2 Å². The SMILES string of the molecule is CCc1cccc(-c2ccc(CNC(=O)CCCc3ccc4cccnc4n3)cc2)c1. The number of carbonyl (C=O) groups excluding carboxylic acids is 1. The minimum atomic E-state index is 0.0682. The van der Waals surface area contributed by atoms with Crippen molar-refractivity contribution in [3.05, 3.63) is 95.8 Å². The summed E-state index contributed by atoms with van der Waals surface area (Å²) in [5.74, 6) is 0.0682. The third-order valence-corrected chi connectivity index (χ3v) is 5.47.